The van der Waals surface area contributed by atoms with Crippen molar-refractivity contribution in [1.82, 2.24) is 0 Å². The van der Waals surface area contributed by atoms with E-state index in [1.807, 2.05) is 0 Å². The first-order chi connectivity index (χ1) is 19.1. The molecule has 3 heterocycles. The average molecular weight is 542 g/mol. The fourth-order valence-corrected chi connectivity index (χ4v) is 5.85. The Bertz CT molecular complexity index is 1710. The lowest BCUT2D eigenvalue weighted by Crippen LogP contribution is -2.60. The van der Waals surface area contributed by atoms with Gasteiger partial charge in [-0.2, -0.15) is 0 Å². The molecule has 7 rings (SSSR count). The van der Waals surface area contributed by atoms with E-state index in [-0.39, 0.29) is 56.9 Å². The Kier molecular flexibility index (Phi) is 4.78. The van der Waals surface area contributed by atoms with E-state index in [0.29, 0.717) is 18.4 Å². The van der Waals surface area contributed by atoms with Crippen LogP contribution in [-0.2, 0) is 17.8 Å². The molecule has 3 atom stereocenters. The molecule has 0 bridgehead atoms. The summed E-state index contributed by atoms with van der Waals surface area (Å²) in [6.45, 7) is 0. The van der Waals surface area contributed by atoms with Gasteiger partial charge in [-0.25, -0.2) is 0 Å². The molecule has 4 aromatic carbocycles. The van der Waals surface area contributed by atoms with Crippen molar-refractivity contribution in [3.05, 3.63) is 94.5 Å². The molecule has 0 saturated heterocycles. The first kappa shape index (κ1) is 24.0. The van der Waals surface area contributed by atoms with Crippen LogP contribution in [0.25, 0.3) is 0 Å². The van der Waals surface area contributed by atoms with Crippen molar-refractivity contribution >= 4 is 5.78 Å². The van der Waals surface area contributed by atoms with Gasteiger partial charge in [0.15, 0.2) is 0 Å². The number of phenols is 5. The second-order valence-electron chi connectivity index (χ2n) is 10.1. The molecule has 40 heavy (non-hydrogen) atoms. The van der Waals surface area contributed by atoms with Gasteiger partial charge < -0.3 is 44.8 Å². The molecule has 0 amide bonds. The van der Waals surface area contributed by atoms with Crippen LogP contribution < -0.4 is 14.2 Å². The Morgan fingerprint density at radius 2 is 1.40 bits per heavy atom. The minimum Gasteiger partial charge on any atom is -0.508 e. The lowest BCUT2D eigenvalue weighted by atomic mass is 9.74. The molecule has 202 valence electrons. The van der Waals surface area contributed by atoms with Gasteiger partial charge in [0.2, 0.25) is 11.4 Å². The van der Waals surface area contributed by atoms with Crippen molar-refractivity contribution < 1.29 is 49.6 Å². The van der Waals surface area contributed by atoms with E-state index in [0.717, 1.165) is 17.7 Å². The Morgan fingerprint density at radius 1 is 0.750 bits per heavy atom. The van der Waals surface area contributed by atoms with Gasteiger partial charge in [-0.15, -0.1) is 0 Å². The molecular formula is C30H22O10. The van der Waals surface area contributed by atoms with Crippen LogP contribution in [0.15, 0.2) is 66.7 Å². The van der Waals surface area contributed by atoms with Gasteiger partial charge in [-0.3, -0.25) is 4.79 Å². The van der Waals surface area contributed by atoms with Crippen molar-refractivity contribution in [2.75, 3.05) is 0 Å². The van der Waals surface area contributed by atoms with Gasteiger partial charge in [-0.1, -0.05) is 12.1 Å². The number of fused-ring (bicyclic) bond motifs is 6. The van der Waals surface area contributed by atoms with E-state index in [2.05, 4.69) is 0 Å². The molecule has 10 heteroatoms. The number of ether oxygens (including phenoxy) is 3. The summed E-state index contributed by atoms with van der Waals surface area (Å²) >= 11 is 0. The second kappa shape index (κ2) is 7.96. The van der Waals surface area contributed by atoms with Crippen LogP contribution in [0.2, 0.25) is 0 Å². The Labute approximate surface area is 226 Å². The minimum atomic E-state index is -2.64. The van der Waals surface area contributed by atoms with Gasteiger partial charge in [0.05, 0.1) is 5.56 Å². The molecule has 4 aromatic rings. The number of hydrogen-bond donors (Lipinski definition) is 6. The number of ketones is 1. The quantitative estimate of drug-likeness (QED) is 0.218. The molecular weight excluding hydrogens is 520 g/mol. The van der Waals surface area contributed by atoms with Crippen molar-refractivity contribution in [2.24, 2.45) is 0 Å². The van der Waals surface area contributed by atoms with E-state index in [1.54, 1.807) is 12.1 Å². The van der Waals surface area contributed by atoms with Crippen LogP contribution in [0, 0.1) is 0 Å². The Morgan fingerprint density at radius 3 is 2.10 bits per heavy atom. The first-order valence-electron chi connectivity index (χ1n) is 12.5. The number of aromatic hydroxyl groups is 5. The summed E-state index contributed by atoms with van der Waals surface area (Å²) in [4.78, 5) is 14.3. The van der Waals surface area contributed by atoms with Gasteiger partial charge >= 0.3 is 5.79 Å². The molecule has 0 radical (unpaired) electrons. The summed E-state index contributed by atoms with van der Waals surface area (Å²) in [7, 11) is 0. The number of carbonyl (C=O) groups excluding carboxylic acids is 1. The number of carbonyl (C=O) groups is 1. The van der Waals surface area contributed by atoms with Crippen molar-refractivity contribution in [1.29, 1.82) is 0 Å². The maximum atomic E-state index is 14.3. The fourth-order valence-electron chi connectivity index (χ4n) is 5.85. The highest BCUT2D eigenvalue weighted by Crippen LogP contribution is 2.64. The third kappa shape index (κ3) is 3.04. The van der Waals surface area contributed by atoms with Crippen LogP contribution in [-0.4, -0.2) is 36.4 Å². The van der Waals surface area contributed by atoms with E-state index < -0.39 is 29.0 Å². The summed E-state index contributed by atoms with van der Waals surface area (Å²) in [6, 6.07) is 15.2. The number of Topliss-reactive ketones (excluding diaryl/α,β-unsaturated/α-hetero) is 1. The van der Waals surface area contributed by atoms with Crippen LogP contribution in [0.3, 0.4) is 0 Å². The monoisotopic (exact) mass is 542 g/mol. The molecule has 6 N–H and O–H groups in total. The topological polar surface area (TPSA) is 166 Å². The predicted octanol–water partition coefficient (Wildman–Crippen LogP) is 3.99. The molecule has 0 spiro atoms. The maximum Gasteiger partial charge on any atom is 0.319 e. The lowest BCUT2D eigenvalue weighted by molar-refractivity contribution is -0.218. The standard InChI is InChI=1S/C30H22O10/c31-16-5-1-14(2-6-16)22-10-9-19-20(34)13-24-26(27(19)38-22)29(37)28(36)25-21(35)11-18(33)12-23(25)39-30(29,40-24)15-3-7-17(32)8-4-15/h1-8,11-13,22,31-35,37H,9-10H2/t22-,29-,30-/m0/s1. The number of phenolic OH excluding ortho intramolecular Hbond substituents is 5. The van der Waals surface area contributed by atoms with Crippen LogP contribution in [0.5, 0.6) is 46.0 Å². The molecule has 3 aliphatic rings. The summed E-state index contributed by atoms with van der Waals surface area (Å²) < 4.78 is 18.8. The molecule has 0 saturated carbocycles. The summed E-state index contributed by atoms with van der Waals surface area (Å²) in [5, 5.41) is 63.9. The highest BCUT2D eigenvalue weighted by atomic mass is 16.7. The summed E-state index contributed by atoms with van der Waals surface area (Å²) in [5.74, 6) is -4.77. The lowest BCUT2D eigenvalue weighted by Gasteiger charge is -2.43. The highest BCUT2D eigenvalue weighted by molar-refractivity contribution is 6.10. The number of benzene rings is 4. The molecule has 10 nitrogen and oxygen atoms in total. The zero-order valence-electron chi connectivity index (χ0n) is 20.7. The highest BCUT2D eigenvalue weighted by Gasteiger charge is 2.72. The van der Waals surface area contributed by atoms with E-state index in [9.17, 15) is 35.4 Å². The van der Waals surface area contributed by atoms with Crippen LogP contribution in [0.1, 0.15) is 45.1 Å². The normalized spacial score (nSPS) is 24.0. The third-order valence-corrected chi connectivity index (χ3v) is 7.72. The smallest absolute Gasteiger partial charge is 0.319 e. The third-order valence-electron chi connectivity index (χ3n) is 7.72. The molecule has 0 aromatic heterocycles. The molecule has 0 fully saturated rings. The maximum absolute atomic E-state index is 14.3. The van der Waals surface area contributed by atoms with Crippen molar-refractivity contribution in [3.63, 3.8) is 0 Å². The second-order valence-corrected chi connectivity index (χ2v) is 10.1. The minimum absolute atomic E-state index is 0.0288. The van der Waals surface area contributed by atoms with Crippen LogP contribution >= 0.6 is 0 Å². The Balaban J connectivity index is 1.48. The molecule has 0 aliphatic carbocycles. The van der Waals surface area contributed by atoms with Crippen LogP contribution in [0.4, 0.5) is 0 Å². The van der Waals surface area contributed by atoms with Crippen molar-refractivity contribution in [2.45, 2.75) is 30.3 Å². The van der Waals surface area contributed by atoms with E-state index >= 15 is 0 Å². The number of aliphatic hydroxyl groups is 1. The number of rotatable bonds is 2. The first-order valence-corrected chi connectivity index (χ1v) is 12.5. The van der Waals surface area contributed by atoms with Gasteiger partial charge in [-0.05, 0) is 54.8 Å². The van der Waals surface area contributed by atoms with E-state index in [4.69, 9.17) is 14.2 Å². The largest absolute Gasteiger partial charge is 0.508 e. The molecule has 0 unspecified atom stereocenters. The summed E-state index contributed by atoms with van der Waals surface area (Å²) in [6.07, 6.45) is 0.232. The SMILES string of the molecule is O=C1c2c(O)cc(O)cc2O[C@@]2(c3ccc(O)cc3)Oc3cc(O)c4c(c3[C@]12O)O[C@H](c1ccc(O)cc1)CC4. The Hall–Kier alpha value is -5.09. The number of hydrogen-bond acceptors (Lipinski definition) is 10. The zero-order valence-corrected chi connectivity index (χ0v) is 20.7. The average Bonchev–Trinajstić information content (AvgIpc) is 3.18. The fraction of sp³-hybridized carbons (Fsp3) is 0.167. The van der Waals surface area contributed by atoms with Crippen molar-refractivity contribution in [3.8, 4) is 46.0 Å². The van der Waals surface area contributed by atoms with Gasteiger partial charge in [0.1, 0.15) is 57.7 Å². The molecule has 3 aliphatic heterocycles. The summed E-state index contributed by atoms with van der Waals surface area (Å²) in [5.41, 5.74) is -1.92. The van der Waals surface area contributed by atoms with E-state index in [1.165, 1.54) is 42.5 Å². The zero-order chi connectivity index (χ0) is 28.0. The predicted molar refractivity (Wildman–Crippen MR) is 137 cm³/mol. The van der Waals surface area contributed by atoms with Gasteiger partial charge in [0.25, 0.3) is 0 Å². The van der Waals surface area contributed by atoms with Gasteiger partial charge in [0, 0.05) is 29.3 Å².